The number of rotatable bonds is 4. The van der Waals surface area contributed by atoms with E-state index in [0.717, 1.165) is 5.56 Å². The largest absolute Gasteiger partial charge is 0.481 e. The van der Waals surface area contributed by atoms with Crippen molar-refractivity contribution in [3.05, 3.63) is 39.2 Å². The lowest BCUT2D eigenvalue weighted by molar-refractivity contribution is -0.139. The lowest BCUT2D eigenvalue weighted by Gasteiger charge is -2.16. The Bertz CT molecular complexity index is 800. The molecule has 0 radical (unpaired) electrons. The molecular weight excluding hydrogens is 276 g/mol. The molecule has 0 saturated heterocycles. The molecule has 0 aliphatic heterocycles. The zero-order valence-electron chi connectivity index (χ0n) is 11.9. The number of hydrogen-bond acceptors (Lipinski definition) is 5. The predicted octanol–water partition coefficient (Wildman–Crippen LogP) is 2.08. The molecule has 21 heavy (non-hydrogen) atoms. The Morgan fingerprint density at radius 2 is 1.90 bits per heavy atom. The van der Waals surface area contributed by atoms with Gasteiger partial charge in [-0.2, -0.15) is 0 Å². The molecule has 0 aliphatic carbocycles. The highest BCUT2D eigenvalue weighted by Crippen LogP contribution is 2.35. The van der Waals surface area contributed by atoms with Crippen molar-refractivity contribution >= 4 is 22.7 Å². The van der Waals surface area contributed by atoms with Gasteiger partial charge in [0.25, 0.3) is 0 Å². The summed E-state index contributed by atoms with van der Waals surface area (Å²) in [4.78, 5) is 34.0. The average Bonchev–Trinajstić information content (AvgIpc) is 2.40. The summed E-state index contributed by atoms with van der Waals surface area (Å²) in [6.45, 7) is 4.24. The number of carbonyl (C=O) groups excluding carboxylic acids is 1. The highest BCUT2D eigenvalue weighted by Gasteiger charge is 2.22. The standard InChI is InChI=1S/C15H14O6/c1-7-8(2)14(20-6-11(17)18)13(9(3)16)15-10(7)4-5-12(19)21-15/h4-5H,6H2,1-3H3,(H,17,18). The van der Waals surface area contributed by atoms with Gasteiger partial charge in [0.05, 0.1) is 0 Å². The van der Waals surface area contributed by atoms with Crippen molar-refractivity contribution < 1.29 is 23.8 Å². The molecule has 0 amide bonds. The third-order valence-electron chi connectivity index (χ3n) is 3.29. The van der Waals surface area contributed by atoms with Gasteiger partial charge in [0.15, 0.2) is 18.0 Å². The van der Waals surface area contributed by atoms with Crippen LogP contribution in [0.15, 0.2) is 21.3 Å². The average molecular weight is 290 g/mol. The highest BCUT2D eigenvalue weighted by molar-refractivity contribution is 6.08. The molecule has 0 unspecified atom stereocenters. The van der Waals surface area contributed by atoms with E-state index in [4.69, 9.17) is 14.3 Å². The van der Waals surface area contributed by atoms with Crippen LogP contribution in [0.3, 0.4) is 0 Å². The van der Waals surface area contributed by atoms with Gasteiger partial charge >= 0.3 is 11.6 Å². The van der Waals surface area contributed by atoms with Gasteiger partial charge in [-0.25, -0.2) is 9.59 Å². The summed E-state index contributed by atoms with van der Waals surface area (Å²) in [6.07, 6.45) is 0. The van der Waals surface area contributed by atoms with Gasteiger partial charge in [0, 0.05) is 11.5 Å². The fourth-order valence-corrected chi connectivity index (χ4v) is 2.19. The first-order valence-corrected chi connectivity index (χ1v) is 6.25. The number of ketones is 1. The SMILES string of the molecule is CC(=O)c1c(OCC(=O)O)c(C)c(C)c2ccc(=O)oc12. The molecule has 1 aromatic heterocycles. The Morgan fingerprint density at radius 1 is 1.24 bits per heavy atom. The van der Waals surface area contributed by atoms with E-state index >= 15 is 0 Å². The number of fused-ring (bicyclic) bond motifs is 1. The van der Waals surface area contributed by atoms with Gasteiger partial charge in [-0.05, 0) is 38.0 Å². The maximum Gasteiger partial charge on any atom is 0.341 e. The summed E-state index contributed by atoms with van der Waals surface area (Å²) in [6, 6.07) is 2.85. The molecule has 6 nitrogen and oxygen atoms in total. The van der Waals surface area contributed by atoms with Gasteiger partial charge in [-0.1, -0.05) is 0 Å². The monoisotopic (exact) mass is 290 g/mol. The normalized spacial score (nSPS) is 10.6. The lowest BCUT2D eigenvalue weighted by atomic mass is 9.97. The number of ether oxygens (including phenoxy) is 1. The van der Waals surface area contributed by atoms with Crippen LogP contribution in [0.25, 0.3) is 11.0 Å². The van der Waals surface area contributed by atoms with Crippen molar-refractivity contribution in [3.8, 4) is 5.75 Å². The second-order valence-corrected chi connectivity index (χ2v) is 4.69. The predicted molar refractivity (Wildman–Crippen MR) is 75.1 cm³/mol. The van der Waals surface area contributed by atoms with E-state index in [1.54, 1.807) is 19.9 Å². The molecule has 1 heterocycles. The second kappa shape index (κ2) is 5.40. The lowest BCUT2D eigenvalue weighted by Crippen LogP contribution is -2.14. The van der Waals surface area contributed by atoms with Gasteiger partial charge in [-0.15, -0.1) is 0 Å². The number of Topliss-reactive ketones (excluding diaryl/α,β-unsaturated/α-hetero) is 1. The molecule has 0 saturated carbocycles. The summed E-state index contributed by atoms with van der Waals surface area (Å²) in [5, 5.41) is 9.36. The number of carboxylic acids is 1. The van der Waals surface area contributed by atoms with Crippen LogP contribution in [0.4, 0.5) is 0 Å². The summed E-state index contributed by atoms with van der Waals surface area (Å²) >= 11 is 0. The Kier molecular flexibility index (Phi) is 3.80. The van der Waals surface area contributed by atoms with Crippen molar-refractivity contribution in [2.75, 3.05) is 6.61 Å². The van der Waals surface area contributed by atoms with E-state index in [9.17, 15) is 14.4 Å². The molecule has 1 N–H and O–H groups in total. The molecule has 0 atom stereocenters. The van der Waals surface area contributed by atoms with Crippen LogP contribution in [-0.2, 0) is 4.79 Å². The highest BCUT2D eigenvalue weighted by atomic mass is 16.5. The number of carbonyl (C=O) groups is 2. The fourth-order valence-electron chi connectivity index (χ4n) is 2.19. The molecule has 2 rings (SSSR count). The third kappa shape index (κ3) is 2.65. The summed E-state index contributed by atoms with van der Waals surface area (Å²) in [7, 11) is 0. The van der Waals surface area contributed by atoms with E-state index in [2.05, 4.69) is 0 Å². The van der Waals surface area contributed by atoms with Crippen molar-refractivity contribution in [2.45, 2.75) is 20.8 Å². The van der Waals surface area contributed by atoms with Crippen molar-refractivity contribution in [3.63, 3.8) is 0 Å². The van der Waals surface area contributed by atoms with Crippen molar-refractivity contribution in [1.82, 2.24) is 0 Å². The van der Waals surface area contributed by atoms with Crippen molar-refractivity contribution in [1.29, 1.82) is 0 Å². The van der Waals surface area contributed by atoms with E-state index in [0.29, 0.717) is 10.9 Å². The molecular formula is C15H14O6. The Labute approximate surface area is 119 Å². The Balaban J connectivity index is 2.85. The van der Waals surface area contributed by atoms with Crippen LogP contribution >= 0.6 is 0 Å². The first-order chi connectivity index (χ1) is 9.82. The van der Waals surface area contributed by atoms with E-state index in [1.165, 1.54) is 13.0 Å². The van der Waals surface area contributed by atoms with Crippen LogP contribution in [-0.4, -0.2) is 23.5 Å². The van der Waals surface area contributed by atoms with E-state index in [1.807, 2.05) is 0 Å². The number of hydrogen-bond donors (Lipinski definition) is 1. The number of carboxylic acid groups (broad SMARTS) is 1. The molecule has 0 fully saturated rings. The minimum Gasteiger partial charge on any atom is -0.481 e. The molecule has 110 valence electrons. The number of aliphatic carboxylic acids is 1. The summed E-state index contributed by atoms with van der Waals surface area (Å²) < 4.78 is 10.4. The van der Waals surface area contributed by atoms with Crippen LogP contribution in [0.2, 0.25) is 0 Å². The minimum atomic E-state index is -1.16. The maximum absolute atomic E-state index is 11.9. The summed E-state index contributed by atoms with van der Waals surface area (Å²) in [5.74, 6) is -1.38. The smallest absolute Gasteiger partial charge is 0.341 e. The van der Waals surface area contributed by atoms with Crippen LogP contribution in [0, 0.1) is 13.8 Å². The molecule has 6 heteroatoms. The fraction of sp³-hybridized carbons (Fsp3) is 0.267. The number of aryl methyl sites for hydroxylation is 1. The maximum atomic E-state index is 11.9. The zero-order chi connectivity index (χ0) is 15.7. The first kappa shape index (κ1) is 14.8. The molecule has 0 bridgehead atoms. The molecule has 2 aromatic rings. The van der Waals surface area contributed by atoms with Gasteiger partial charge in [-0.3, -0.25) is 4.79 Å². The van der Waals surface area contributed by atoms with Crippen molar-refractivity contribution in [2.24, 2.45) is 0 Å². The topological polar surface area (TPSA) is 93.8 Å². The first-order valence-electron chi connectivity index (χ1n) is 6.25. The van der Waals surface area contributed by atoms with Crippen LogP contribution in [0.1, 0.15) is 28.4 Å². The van der Waals surface area contributed by atoms with E-state index in [-0.39, 0.29) is 22.7 Å². The molecule has 1 aromatic carbocycles. The van der Waals surface area contributed by atoms with E-state index < -0.39 is 18.2 Å². The van der Waals surface area contributed by atoms with Gasteiger partial charge < -0.3 is 14.3 Å². The summed E-state index contributed by atoms with van der Waals surface area (Å²) in [5.41, 5.74) is 1.03. The quantitative estimate of drug-likeness (QED) is 0.684. The van der Waals surface area contributed by atoms with Gasteiger partial charge in [0.2, 0.25) is 0 Å². The molecule has 0 aliphatic rings. The van der Waals surface area contributed by atoms with Crippen LogP contribution in [0.5, 0.6) is 5.75 Å². The minimum absolute atomic E-state index is 0.0899. The van der Waals surface area contributed by atoms with Crippen LogP contribution < -0.4 is 10.4 Å². The zero-order valence-corrected chi connectivity index (χ0v) is 11.9. The third-order valence-corrected chi connectivity index (χ3v) is 3.29. The Hall–Kier alpha value is -2.63. The number of benzene rings is 1. The Morgan fingerprint density at radius 3 is 2.48 bits per heavy atom. The van der Waals surface area contributed by atoms with Gasteiger partial charge in [0.1, 0.15) is 11.3 Å². The second-order valence-electron chi connectivity index (χ2n) is 4.69. The molecule has 0 spiro atoms.